The maximum atomic E-state index is 13.1. The monoisotopic (exact) mass is 381 g/mol. The summed E-state index contributed by atoms with van der Waals surface area (Å²) >= 11 is 0. The van der Waals surface area contributed by atoms with Crippen molar-refractivity contribution >= 4 is 23.4 Å². The lowest BCUT2D eigenvalue weighted by Crippen LogP contribution is -2.45. The van der Waals surface area contributed by atoms with Gasteiger partial charge in [-0.15, -0.1) is 0 Å². The van der Waals surface area contributed by atoms with Crippen molar-refractivity contribution in [2.24, 2.45) is 0 Å². The molecule has 28 heavy (non-hydrogen) atoms. The predicted octanol–water partition coefficient (Wildman–Crippen LogP) is 2.48. The molecule has 3 amide bonds. The van der Waals surface area contributed by atoms with E-state index in [1.165, 1.54) is 0 Å². The molecule has 2 aliphatic rings. The molecule has 3 heterocycles. The minimum atomic E-state index is -0.471. The molecule has 1 fully saturated rings. The van der Waals surface area contributed by atoms with E-state index >= 15 is 0 Å². The third-order valence-corrected chi connectivity index (χ3v) is 5.31. The van der Waals surface area contributed by atoms with E-state index < -0.39 is 6.04 Å². The summed E-state index contributed by atoms with van der Waals surface area (Å²) in [7, 11) is 0. The number of furan rings is 1. The quantitative estimate of drug-likeness (QED) is 0.851. The van der Waals surface area contributed by atoms with E-state index in [2.05, 4.69) is 10.6 Å². The van der Waals surface area contributed by atoms with Gasteiger partial charge in [0.05, 0.1) is 12.8 Å². The Kier molecular flexibility index (Phi) is 5.14. The van der Waals surface area contributed by atoms with Gasteiger partial charge in [0.15, 0.2) is 0 Å². The fourth-order valence-electron chi connectivity index (χ4n) is 3.86. The summed E-state index contributed by atoms with van der Waals surface area (Å²) in [6.07, 6.45) is 5.01. The van der Waals surface area contributed by atoms with E-state index in [4.69, 9.17) is 4.42 Å². The number of carbonyl (C=O) groups excluding carboxylic acids is 3. The van der Waals surface area contributed by atoms with Crippen LogP contribution >= 0.6 is 0 Å². The molecule has 1 saturated heterocycles. The normalized spacial score (nSPS) is 18.9. The molecule has 0 saturated carbocycles. The van der Waals surface area contributed by atoms with E-state index in [0.717, 1.165) is 30.5 Å². The molecule has 2 aromatic rings. The number of rotatable bonds is 4. The van der Waals surface area contributed by atoms with E-state index in [9.17, 15) is 14.4 Å². The first-order valence-electron chi connectivity index (χ1n) is 9.65. The molecule has 146 valence electrons. The number of benzene rings is 1. The lowest BCUT2D eigenvalue weighted by atomic mass is 10.0. The first kappa shape index (κ1) is 18.3. The molecule has 4 rings (SSSR count). The molecule has 0 aliphatic carbocycles. The van der Waals surface area contributed by atoms with Crippen LogP contribution in [0, 0.1) is 0 Å². The average molecular weight is 381 g/mol. The molecular formula is C21H23N3O4. The Balaban J connectivity index is 1.46. The Labute approximate surface area is 163 Å². The van der Waals surface area contributed by atoms with Gasteiger partial charge in [0, 0.05) is 24.2 Å². The van der Waals surface area contributed by atoms with Gasteiger partial charge in [-0.2, -0.15) is 0 Å². The fraction of sp³-hybridized carbons (Fsp3) is 0.381. The Bertz CT molecular complexity index is 891. The maximum absolute atomic E-state index is 13.1. The number of anilines is 1. The third kappa shape index (κ3) is 3.78. The van der Waals surface area contributed by atoms with Gasteiger partial charge in [-0.05, 0) is 61.6 Å². The van der Waals surface area contributed by atoms with Crippen LogP contribution in [-0.2, 0) is 22.6 Å². The Morgan fingerprint density at radius 2 is 2.11 bits per heavy atom. The number of nitrogens with zero attached hydrogens (tertiary/aromatic N) is 1. The van der Waals surface area contributed by atoms with Crippen LogP contribution in [0.3, 0.4) is 0 Å². The number of hydrogen-bond acceptors (Lipinski definition) is 4. The van der Waals surface area contributed by atoms with Crippen LogP contribution < -0.4 is 10.6 Å². The number of fused-ring (bicyclic) bond motifs is 1. The zero-order valence-corrected chi connectivity index (χ0v) is 15.6. The van der Waals surface area contributed by atoms with Gasteiger partial charge >= 0.3 is 0 Å². The molecule has 0 bridgehead atoms. The Morgan fingerprint density at radius 3 is 2.93 bits per heavy atom. The summed E-state index contributed by atoms with van der Waals surface area (Å²) in [5, 5.41) is 5.73. The minimum absolute atomic E-state index is 0.00524. The van der Waals surface area contributed by atoms with Crippen LogP contribution in [0.2, 0.25) is 0 Å². The molecule has 7 heteroatoms. The molecule has 0 spiro atoms. The number of likely N-dealkylation sites (tertiary alicyclic amines) is 1. The van der Waals surface area contributed by atoms with Crippen LogP contribution in [0.15, 0.2) is 41.0 Å². The SMILES string of the molecule is O=C1CCCc2cc(C(=O)N3CCC[C@@H]3C(=O)NCc3ccco3)ccc2N1. The average Bonchev–Trinajstić information content (AvgIpc) is 3.35. The standard InChI is InChI=1S/C21H23N3O4/c25-19-7-1-4-14-12-15(8-9-17(14)23-19)21(27)24-10-2-6-18(24)20(26)22-13-16-5-3-11-28-16/h3,5,8-9,11-12,18H,1-2,4,6-7,10,13H2,(H,22,26)(H,23,25)/t18-/m1/s1. The molecule has 7 nitrogen and oxygen atoms in total. The summed E-state index contributed by atoms with van der Waals surface area (Å²) in [4.78, 5) is 39.0. The summed E-state index contributed by atoms with van der Waals surface area (Å²) in [5.41, 5.74) is 2.29. The zero-order valence-electron chi connectivity index (χ0n) is 15.6. The maximum Gasteiger partial charge on any atom is 0.254 e. The molecule has 1 aromatic heterocycles. The van der Waals surface area contributed by atoms with Crippen LogP contribution in [-0.4, -0.2) is 35.2 Å². The van der Waals surface area contributed by atoms with E-state index in [1.54, 1.807) is 35.4 Å². The topological polar surface area (TPSA) is 91.7 Å². The van der Waals surface area contributed by atoms with Crippen molar-refractivity contribution in [2.75, 3.05) is 11.9 Å². The lowest BCUT2D eigenvalue weighted by Gasteiger charge is -2.24. The zero-order chi connectivity index (χ0) is 19.5. The number of carbonyl (C=O) groups is 3. The Hall–Kier alpha value is -3.09. The van der Waals surface area contributed by atoms with Crippen molar-refractivity contribution < 1.29 is 18.8 Å². The van der Waals surface area contributed by atoms with E-state index in [-0.39, 0.29) is 17.7 Å². The summed E-state index contributed by atoms with van der Waals surface area (Å²) in [6.45, 7) is 0.869. The number of amides is 3. The molecule has 0 unspecified atom stereocenters. The molecule has 1 atom stereocenters. The predicted molar refractivity (Wildman–Crippen MR) is 103 cm³/mol. The number of aryl methyl sites for hydroxylation is 1. The van der Waals surface area contributed by atoms with Crippen LogP contribution in [0.5, 0.6) is 0 Å². The highest BCUT2D eigenvalue weighted by molar-refractivity contribution is 5.99. The summed E-state index contributed by atoms with van der Waals surface area (Å²) in [6, 6.07) is 8.46. The van der Waals surface area contributed by atoms with Gasteiger partial charge in [-0.1, -0.05) is 0 Å². The van der Waals surface area contributed by atoms with Crippen LogP contribution in [0.25, 0.3) is 0 Å². The second-order valence-electron chi connectivity index (χ2n) is 7.23. The first-order chi connectivity index (χ1) is 13.6. The van der Waals surface area contributed by atoms with Gasteiger partial charge < -0.3 is 20.0 Å². The third-order valence-electron chi connectivity index (χ3n) is 5.31. The second-order valence-corrected chi connectivity index (χ2v) is 7.23. The molecule has 2 N–H and O–H groups in total. The highest BCUT2D eigenvalue weighted by Crippen LogP contribution is 2.26. The van der Waals surface area contributed by atoms with Gasteiger partial charge in [-0.25, -0.2) is 0 Å². The van der Waals surface area contributed by atoms with Crippen molar-refractivity contribution in [3.05, 3.63) is 53.5 Å². The van der Waals surface area contributed by atoms with Crippen molar-refractivity contribution in [3.8, 4) is 0 Å². The van der Waals surface area contributed by atoms with Gasteiger partial charge in [-0.3, -0.25) is 14.4 Å². The van der Waals surface area contributed by atoms with Crippen molar-refractivity contribution in [1.82, 2.24) is 10.2 Å². The molecule has 0 radical (unpaired) electrons. The van der Waals surface area contributed by atoms with Gasteiger partial charge in [0.2, 0.25) is 11.8 Å². The van der Waals surface area contributed by atoms with Crippen molar-refractivity contribution in [3.63, 3.8) is 0 Å². The largest absolute Gasteiger partial charge is 0.467 e. The second kappa shape index (κ2) is 7.88. The van der Waals surface area contributed by atoms with Crippen LogP contribution in [0.4, 0.5) is 5.69 Å². The highest BCUT2D eigenvalue weighted by atomic mass is 16.3. The first-order valence-corrected chi connectivity index (χ1v) is 9.65. The molecular weight excluding hydrogens is 358 g/mol. The van der Waals surface area contributed by atoms with Crippen molar-refractivity contribution in [2.45, 2.75) is 44.7 Å². The van der Waals surface area contributed by atoms with Gasteiger partial charge in [0.25, 0.3) is 5.91 Å². The summed E-state index contributed by atoms with van der Waals surface area (Å²) in [5.74, 6) is 0.376. The smallest absolute Gasteiger partial charge is 0.254 e. The van der Waals surface area contributed by atoms with E-state index in [0.29, 0.717) is 37.3 Å². The number of hydrogen-bond donors (Lipinski definition) is 2. The highest BCUT2D eigenvalue weighted by Gasteiger charge is 2.34. The summed E-state index contributed by atoms with van der Waals surface area (Å²) < 4.78 is 5.24. The molecule has 1 aromatic carbocycles. The number of nitrogens with one attached hydrogen (secondary N) is 2. The lowest BCUT2D eigenvalue weighted by molar-refractivity contribution is -0.125. The fourth-order valence-corrected chi connectivity index (χ4v) is 3.86. The van der Waals surface area contributed by atoms with E-state index in [1.807, 2.05) is 6.07 Å². The van der Waals surface area contributed by atoms with Crippen LogP contribution in [0.1, 0.15) is 47.4 Å². The van der Waals surface area contributed by atoms with Crippen molar-refractivity contribution in [1.29, 1.82) is 0 Å². The minimum Gasteiger partial charge on any atom is -0.467 e. The van der Waals surface area contributed by atoms with Gasteiger partial charge in [0.1, 0.15) is 11.8 Å². The molecule has 2 aliphatic heterocycles. The Morgan fingerprint density at radius 1 is 1.21 bits per heavy atom.